The SMILES string of the molecule is O=C(NCc1cccc2ccccc12)NCC1CCN(Cc2cccs2)CC1. The lowest BCUT2D eigenvalue weighted by Gasteiger charge is -2.31. The van der Waals surface area contributed by atoms with Crippen molar-refractivity contribution in [3.8, 4) is 0 Å². The van der Waals surface area contributed by atoms with Gasteiger partial charge in [0.15, 0.2) is 0 Å². The van der Waals surface area contributed by atoms with Crippen molar-refractivity contribution < 1.29 is 4.79 Å². The lowest BCUT2D eigenvalue weighted by Crippen LogP contribution is -2.41. The quantitative estimate of drug-likeness (QED) is 0.642. The van der Waals surface area contributed by atoms with Gasteiger partial charge in [-0.3, -0.25) is 4.90 Å². The normalized spacial score (nSPS) is 15.6. The number of hydrogen-bond donors (Lipinski definition) is 2. The van der Waals surface area contributed by atoms with Crippen molar-refractivity contribution in [1.29, 1.82) is 0 Å². The molecule has 0 atom stereocenters. The van der Waals surface area contributed by atoms with E-state index >= 15 is 0 Å². The number of rotatable bonds is 6. The molecule has 28 heavy (non-hydrogen) atoms. The van der Waals surface area contributed by atoms with Crippen molar-refractivity contribution in [2.24, 2.45) is 5.92 Å². The van der Waals surface area contributed by atoms with E-state index in [0.717, 1.165) is 44.6 Å². The van der Waals surface area contributed by atoms with Gasteiger partial charge >= 0.3 is 6.03 Å². The molecule has 0 bridgehead atoms. The van der Waals surface area contributed by atoms with Crippen LogP contribution in [-0.4, -0.2) is 30.6 Å². The van der Waals surface area contributed by atoms with Crippen molar-refractivity contribution >= 4 is 28.1 Å². The average Bonchev–Trinajstić information content (AvgIpc) is 3.25. The second-order valence-electron chi connectivity index (χ2n) is 7.50. The Labute approximate surface area is 170 Å². The number of piperidine rings is 1. The third-order valence-corrected chi connectivity index (χ3v) is 6.40. The number of amides is 2. The first kappa shape index (κ1) is 19.0. The van der Waals surface area contributed by atoms with Crippen LogP contribution in [0.5, 0.6) is 0 Å². The molecule has 1 aliphatic rings. The topological polar surface area (TPSA) is 44.4 Å². The summed E-state index contributed by atoms with van der Waals surface area (Å²) in [7, 11) is 0. The fourth-order valence-electron chi connectivity index (χ4n) is 3.89. The van der Waals surface area contributed by atoms with Crippen LogP contribution in [0, 0.1) is 5.92 Å². The van der Waals surface area contributed by atoms with Gasteiger partial charge in [0, 0.05) is 24.5 Å². The standard InChI is InChI=1S/C23H27N3OS/c27-23(25-16-20-7-3-6-19-5-1-2-9-22(19)20)24-15-18-10-12-26(13-11-18)17-21-8-4-14-28-21/h1-9,14,18H,10-13,15-17H2,(H2,24,25,27). The van der Waals surface area contributed by atoms with Gasteiger partial charge in [-0.05, 0) is 59.6 Å². The van der Waals surface area contributed by atoms with E-state index in [1.165, 1.54) is 15.6 Å². The highest BCUT2D eigenvalue weighted by molar-refractivity contribution is 7.09. The van der Waals surface area contributed by atoms with Gasteiger partial charge < -0.3 is 10.6 Å². The molecule has 5 heteroatoms. The van der Waals surface area contributed by atoms with E-state index in [-0.39, 0.29) is 6.03 Å². The van der Waals surface area contributed by atoms with Gasteiger partial charge in [0.1, 0.15) is 0 Å². The number of nitrogens with zero attached hydrogens (tertiary/aromatic N) is 1. The molecule has 3 aromatic rings. The molecule has 1 fully saturated rings. The highest BCUT2D eigenvalue weighted by atomic mass is 32.1. The smallest absolute Gasteiger partial charge is 0.315 e. The number of urea groups is 1. The molecule has 0 spiro atoms. The molecule has 2 aromatic carbocycles. The molecule has 0 radical (unpaired) electrons. The number of thiophene rings is 1. The molecule has 2 amide bonds. The van der Waals surface area contributed by atoms with Gasteiger partial charge in [-0.1, -0.05) is 48.5 Å². The molecule has 0 aliphatic carbocycles. The van der Waals surface area contributed by atoms with Crippen molar-refractivity contribution in [3.63, 3.8) is 0 Å². The summed E-state index contributed by atoms with van der Waals surface area (Å²) in [6, 6.07) is 18.8. The Kier molecular flexibility index (Phi) is 6.24. The summed E-state index contributed by atoms with van der Waals surface area (Å²) < 4.78 is 0. The molecule has 146 valence electrons. The summed E-state index contributed by atoms with van der Waals surface area (Å²) in [5, 5.41) is 10.6. The van der Waals surface area contributed by atoms with E-state index in [0.29, 0.717) is 12.5 Å². The van der Waals surface area contributed by atoms with E-state index in [2.05, 4.69) is 57.3 Å². The van der Waals surface area contributed by atoms with Gasteiger partial charge in [0.2, 0.25) is 0 Å². The van der Waals surface area contributed by atoms with E-state index in [1.54, 1.807) is 0 Å². The second kappa shape index (κ2) is 9.22. The number of benzene rings is 2. The predicted octanol–water partition coefficient (Wildman–Crippen LogP) is 4.61. The first-order valence-corrected chi connectivity index (χ1v) is 10.9. The first-order chi connectivity index (χ1) is 13.8. The third-order valence-electron chi connectivity index (χ3n) is 5.54. The maximum Gasteiger partial charge on any atom is 0.315 e. The van der Waals surface area contributed by atoms with Crippen LogP contribution >= 0.6 is 11.3 Å². The number of fused-ring (bicyclic) bond motifs is 1. The van der Waals surface area contributed by atoms with Crippen LogP contribution in [0.25, 0.3) is 10.8 Å². The van der Waals surface area contributed by atoms with E-state index < -0.39 is 0 Å². The van der Waals surface area contributed by atoms with Gasteiger partial charge in [0.05, 0.1) is 0 Å². The molecular formula is C23H27N3OS. The Bertz CT molecular complexity index is 896. The Morgan fingerprint density at radius 3 is 2.64 bits per heavy atom. The minimum absolute atomic E-state index is 0.0750. The molecule has 0 unspecified atom stereocenters. The Hall–Kier alpha value is -2.37. The first-order valence-electron chi connectivity index (χ1n) is 10.0. The molecular weight excluding hydrogens is 366 g/mol. The van der Waals surface area contributed by atoms with Crippen LogP contribution in [0.1, 0.15) is 23.3 Å². The van der Waals surface area contributed by atoms with Gasteiger partial charge in [-0.15, -0.1) is 11.3 Å². The summed E-state index contributed by atoms with van der Waals surface area (Å²) in [5.74, 6) is 0.572. The summed E-state index contributed by atoms with van der Waals surface area (Å²) in [6.45, 7) is 4.59. The van der Waals surface area contributed by atoms with Crippen LogP contribution in [0.4, 0.5) is 4.79 Å². The van der Waals surface area contributed by atoms with Crippen LogP contribution in [0.15, 0.2) is 60.0 Å². The van der Waals surface area contributed by atoms with E-state index in [4.69, 9.17) is 0 Å². The fourth-order valence-corrected chi connectivity index (χ4v) is 4.64. The number of carbonyl (C=O) groups is 1. The summed E-state index contributed by atoms with van der Waals surface area (Å²) in [4.78, 5) is 16.2. The third kappa shape index (κ3) is 4.91. The number of likely N-dealkylation sites (tertiary alicyclic amines) is 1. The largest absolute Gasteiger partial charge is 0.338 e. The van der Waals surface area contributed by atoms with Crippen molar-refractivity contribution in [2.75, 3.05) is 19.6 Å². The average molecular weight is 394 g/mol. The number of nitrogens with one attached hydrogen (secondary N) is 2. The Balaban J connectivity index is 1.19. The monoisotopic (exact) mass is 393 g/mol. The molecule has 4 nitrogen and oxygen atoms in total. The van der Waals surface area contributed by atoms with Crippen LogP contribution in [0.3, 0.4) is 0 Å². The molecule has 4 rings (SSSR count). The summed E-state index contributed by atoms with van der Waals surface area (Å²) >= 11 is 1.83. The minimum atomic E-state index is -0.0750. The molecule has 0 saturated carbocycles. The van der Waals surface area contributed by atoms with Gasteiger partial charge in [-0.25, -0.2) is 4.79 Å². The maximum absolute atomic E-state index is 12.2. The summed E-state index contributed by atoms with van der Waals surface area (Å²) in [6.07, 6.45) is 2.30. The zero-order chi connectivity index (χ0) is 19.2. The Morgan fingerprint density at radius 2 is 1.82 bits per heavy atom. The maximum atomic E-state index is 12.2. The van der Waals surface area contributed by atoms with Crippen LogP contribution in [0.2, 0.25) is 0 Å². The van der Waals surface area contributed by atoms with E-state index in [9.17, 15) is 4.79 Å². The van der Waals surface area contributed by atoms with Crippen molar-refractivity contribution in [2.45, 2.75) is 25.9 Å². The zero-order valence-corrected chi connectivity index (χ0v) is 16.9. The highest BCUT2D eigenvalue weighted by Gasteiger charge is 2.20. The molecule has 2 heterocycles. The number of carbonyl (C=O) groups excluding carboxylic acids is 1. The highest BCUT2D eigenvalue weighted by Crippen LogP contribution is 2.20. The van der Waals surface area contributed by atoms with Crippen LogP contribution < -0.4 is 10.6 Å². The fraction of sp³-hybridized carbons (Fsp3) is 0.348. The van der Waals surface area contributed by atoms with Crippen LogP contribution in [-0.2, 0) is 13.1 Å². The van der Waals surface area contributed by atoms with Gasteiger partial charge in [0.25, 0.3) is 0 Å². The van der Waals surface area contributed by atoms with Crippen molar-refractivity contribution in [1.82, 2.24) is 15.5 Å². The minimum Gasteiger partial charge on any atom is -0.338 e. The van der Waals surface area contributed by atoms with Gasteiger partial charge in [-0.2, -0.15) is 0 Å². The molecule has 1 aromatic heterocycles. The lowest BCUT2D eigenvalue weighted by atomic mass is 9.97. The van der Waals surface area contributed by atoms with Crippen molar-refractivity contribution in [3.05, 3.63) is 70.4 Å². The summed E-state index contributed by atoms with van der Waals surface area (Å²) in [5.41, 5.74) is 1.15. The lowest BCUT2D eigenvalue weighted by molar-refractivity contribution is 0.176. The zero-order valence-electron chi connectivity index (χ0n) is 16.1. The molecule has 2 N–H and O–H groups in total. The number of hydrogen-bond acceptors (Lipinski definition) is 3. The molecule has 1 saturated heterocycles. The second-order valence-corrected chi connectivity index (χ2v) is 8.53. The molecule has 1 aliphatic heterocycles. The Morgan fingerprint density at radius 1 is 1.00 bits per heavy atom. The predicted molar refractivity (Wildman–Crippen MR) is 117 cm³/mol. The van der Waals surface area contributed by atoms with E-state index in [1.807, 2.05) is 29.5 Å².